The normalized spacial score (nSPS) is 19.8. The van der Waals surface area contributed by atoms with Gasteiger partial charge in [-0.1, -0.05) is 5.16 Å². The fraction of sp³-hybridized carbons (Fsp3) is 0.667. The van der Waals surface area contributed by atoms with Crippen molar-refractivity contribution in [1.29, 1.82) is 0 Å². The molecule has 0 spiro atoms. The highest BCUT2D eigenvalue weighted by molar-refractivity contribution is 5.10. The molecule has 0 unspecified atom stereocenters. The van der Waals surface area contributed by atoms with Crippen LogP contribution in [0.15, 0.2) is 10.6 Å². The zero-order chi connectivity index (χ0) is 8.39. The van der Waals surface area contributed by atoms with E-state index in [0.717, 1.165) is 24.5 Å². The first kappa shape index (κ1) is 7.80. The predicted molar refractivity (Wildman–Crippen MR) is 46.1 cm³/mol. The molecule has 1 aliphatic heterocycles. The third-order valence-corrected chi connectivity index (χ3v) is 2.40. The Kier molecular flexibility index (Phi) is 2.13. The summed E-state index contributed by atoms with van der Waals surface area (Å²) in [6.07, 6.45) is 2.37. The van der Waals surface area contributed by atoms with Gasteiger partial charge in [0, 0.05) is 12.0 Å². The van der Waals surface area contributed by atoms with E-state index in [4.69, 9.17) is 4.52 Å². The highest BCUT2D eigenvalue weighted by Crippen LogP contribution is 2.24. The lowest BCUT2D eigenvalue weighted by molar-refractivity contribution is 0.371. The first-order chi connectivity index (χ1) is 5.86. The molecule has 1 fully saturated rings. The average Bonchev–Trinajstić information content (AvgIpc) is 2.54. The summed E-state index contributed by atoms with van der Waals surface area (Å²) >= 11 is 0. The first-order valence-electron chi connectivity index (χ1n) is 4.50. The third kappa shape index (κ3) is 1.50. The summed E-state index contributed by atoms with van der Waals surface area (Å²) in [6.45, 7) is 4.16. The molecule has 0 atom stereocenters. The number of nitrogens with one attached hydrogen (secondary N) is 1. The van der Waals surface area contributed by atoms with Gasteiger partial charge in [-0.05, 0) is 32.9 Å². The van der Waals surface area contributed by atoms with Crippen LogP contribution in [0, 0.1) is 6.92 Å². The maximum atomic E-state index is 5.05. The van der Waals surface area contributed by atoms with Gasteiger partial charge in [0.1, 0.15) is 5.76 Å². The van der Waals surface area contributed by atoms with E-state index in [9.17, 15) is 0 Å². The van der Waals surface area contributed by atoms with Crippen molar-refractivity contribution in [3.8, 4) is 0 Å². The van der Waals surface area contributed by atoms with Crippen molar-refractivity contribution < 1.29 is 4.52 Å². The van der Waals surface area contributed by atoms with E-state index in [1.54, 1.807) is 0 Å². The van der Waals surface area contributed by atoms with Crippen molar-refractivity contribution in [2.75, 3.05) is 13.1 Å². The van der Waals surface area contributed by atoms with E-state index in [2.05, 4.69) is 16.5 Å². The van der Waals surface area contributed by atoms with Crippen LogP contribution < -0.4 is 5.32 Å². The van der Waals surface area contributed by atoms with Crippen molar-refractivity contribution in [3.63, 3.8) is 0 Å². The molecule has 3 nitrogen and oxygen atoms in total. The molecule has 0 amide bonds. The van der Waals surface area contributed by atoms with E-state index >= 15 is 0 Å². The minimum Gasteiger partial charge on any atom is -0.361 e. The van der Waals surface area contributed by atoms with Crippen LogP contribution in [0.25, 0.3) is 0 Å². The number of hydrogen-bond acceptors (Lipinski definition) is 3. The van der Waals surface area contributed by atoms with Gasteiger partial charge in [0.05, 0.1) is 5.69 Å². The van der Waals surface area contributed by atoms with Crippen LogP contribution >= 0.6 is 0 Å². The summed E-state index contributed by atoms with van der Waals surface area (Å²) in [6, 6.07) is 2.05. The quantitative estimate of drug-likeness (QED) is 0.686. The van der Waals surface area contributed by atoms with Gasteiger partial charge in [0.25, 0.3) is 0 Å². The first-order valence-corrected chi connectivity index (χ1v) is 4.50. The molecule has 0 aromatic carbocycles. The van der Waals surface area contributed by atoms with Gasteiger partial charge in [-0.2, -0.15) is 0 Å². The topological polar surface area (TPSA) is 38.1 Å². The van der Waals surface area contributed by atoms with E-state index in [1.165, 1.54) is 12.8 Å². The van der Waals surface area contributed by atoms with E-state index in [1.807, 2.05) is 6.92 Å². The largest absolute Gasteiger partial charge is 0.361 e. The number of nitrogens with zero attached hydrogens (tertiary/aromatic N) is 1. The van der Waals surface area contributed by atoms with Crippen molar-refractivity contribution in [2.24, 2.45) is 0 Å². The van der Waals surface area contributed by atoms with Crippen LogP contribution in [-0.2, 0) is 0 Å². The Bertz CT molecular complexity index is 251. The molecule has 66 valence electrons. The van der Waals surface area contributed by atoms with Crippen LogP contribution in [-0.4, -0.2) is 18.2 Å². The highest BCUT2D eigenvalue weighted by atomic mass is 16.5. The van der Waals surface area contributed by atoms with Crippen LogP contribution in [0.3, 0.4) is 0 Å². The molecule has 0 radical (unpaired) electrons. The summed E-state index contributed by atoms with van der Waals surface area (Å²) < 4.78 is 5.05. The van der Waals surface area contributed by atoms with Gasteiger partial charge < -0.3 is 9.84 Å². The number of piperidine rings is 1. The van der Waals surface area contributed by atoms with Crippen molar-refractivity contribution >= 4 is 0 Å². The van der Waals surface area contributed by atoms with Crippen LogP contribution in [0.5, 0.6) is 0 Å². The lowest BCUT2D eigenvalue weighted by Gasteiger charge is -2.19. The van der Waals surface area contributed by atoms with E-state index in [0.29, 0.717) is 5.92 Å². The molecule has 1 aliphatic rings. The second kappa shape index (κ2) is 3.27. The SMILES string of the molecule is Cc1cc(C2CCNCC2)no1. The fourth-order valence-electron chi connectivity index (χ4n) is 1.70. The lowest BCUT2D eigenvalue weighted by Crippen LogP contribution is -2.26. The Labute approximate surface area is 72.1 Å². The molecular formula is C9H14N2O. The van der Waals surface area contributed by atoms with Crippen molar-refractivity contribution in [3.05, 3.63) is 17.5 Å². The molecular weight excluding hydrogens is 152 g/mol. The summed E-state index contributed by atoms with van der Waals surface area (Å²) in [4.78, 5) is 0. The Hall–Kier alpha value is -0.830. The monoisotopic (exact) mass is 166 g/mol. The van der Waals surface area contributed by atoms with Crippen LogP contribution in [0.2, 0.25) is 0 Å². The summed E-state index contributed by atoms with van der Waals surface area (Å²) in [5, 5.41) is 7.37. The van der Waals surface area contributed by atoms with Crippen LogP contribution in [0.4, 0.5) is 0 Å². The molecule has 2 rings (SSSR count). The van der Waals surface area contributed by atoms with Crippen molar-refractivity contribution in [2.45, 2.75) is 25.7 Å². The smallest absolute Gasteiger partial charge is 0.133 e. The standard InChI is InChI=1S/C9H14N2O/c1-7-6-9(11-12-7)8-2-4-10-5-3-8/h6,8,10H,2-5H2,1H3. The molecule has 0 bridgehead atoms. The molecule has 1 aromatic rings. The Morgan fingerprint density at radius 3 is 2.83 bits per heavy atom. The Balaban J connectivity index is 2.08. The van der Waals surface area contributed by atoms with E-state index in [-0.39, 0.29) is 0 Å². The molecule has 3 heteroatoms. The number of aryl methyl sites for hydroxylation is 1. The van der Waals surface area contributed by atoms with Crippen LogP contribution in [0.1, 0.15) is 30.2 Å². The Morgan fingerprint density at radius 1 is 1.50 bits per heavy atom. The van der Waals surface area contributed by atoms with Gasteiger partial charge in [0.2, 0.25) is 0 Å². The van der Waals surface area contributed by atoms with Gasteiger partial charge in [-0.25, -0.2) is 0 Å². The minimum absolute atomic E-state index is 0.615. The Morgan fingerprint density at radius 2 is 2.25 bits per heavy atom. The van der Waals surface area contributed by atoms with Gasteiger partial charge in [-0.15, -0.1) is 0 Å². The van der Waals surface area contributed by atoms with Gasteiger partial charge in [0.15, 0.2) is 0 Å². The summed E-state index contributed by atoms with van der Waals surface area (Å²) in [7, 11) is 0. The lowest BCUT2D eigenvalue weighted by atomic mass is 9.95. The van der Waals surface area contributed by atoms with Crippen molar-refractivity contribution in [1.82, 2.24) is 10.5 Å². The molecule has 1 aromatic heterocycles. The molecule has 1 N–H and O–H groups in total. The predicted octanol–water partition coefficient (Wildman–Crippen LogP) is 1.45. The molecule has 0 saturated carbocycles. The van der Waals surface area contributed by atoms with Gasteiger partial charge >= 0.3 is 0 Å². The number of aromatic nitrogens is 1. The zero-order valence-corrected chi connectivity index (χ0v) is 7.34. The molecule has 12 heavy (non-hydrogen) atoms. The fourth-order valence-corrected chi connectivity index (χ4v) is 1.70. The zero-order valence-electron chi connectivity index (χ0n) is 7.34. The van der Waals surface area contributed by atoms with E-state index < -0.39 is 0 Å². The molecule has 1 saturated heterocycles. The number of rotatable bonds is 1. The maximum absolute atomic E-state index is 5.05. The third-order valence-electron chi connectivity index (χ3n) is 2.40. The molecule has 2 heterocycles. The molecule has 0 aliphatic carbocycles. The average molecular weight is 166 g/mol. The summed E-state index contributed by atoms with van der Waals surface area (Å²) in [5.41, 5.74) is 1.13. The number of hydrogen-bond donors (Lipinski definition) is 1. The summed E-state index contributed by atoms with van der Waals surface area (Å²) in [5.74, 6) is 1.53. The highest BCUT2D eigenvalue weighted by Gasteiger charge is 2.17. The second-order valence-electron chi connectivity index (χ2n) is 3.39. The maximum Gasteiger partial charge on any atom is 0.133 e. The minimum atomic E-state index is 0.615. The van der Waals surface area contributed by atoms with Gasteiger partial charge in [-0.3, -0.25) is 0 Å². The second-order valence-corrected chi connectivity index (χ2v) is 3.39.